The Hall–Kier alpha value is -2.47. The summed E-state index contributed by atoms with van der Waals surface area (Å²) in [5.41, 5.74) is -0.0216. The molecule has 1 amide bonds. The van der Waals surface area contributed by atoms with Gasteiger partial charge in [0.1, 0.15) is 5.82 Å². The van der Waals surface area contributed by atoms with E-state index in [1.807, 2.05) is 0 Å². The van der Waals surface area contributed by atoms with Crippen LogP contribution in [0.2, 0.25) is 5.02 Å². The van der Waals surface area contributed by atoms with Crippen LogP contribution in [0.1, 0.15) is 10.4 Å². The van der Waals surface area contributed by atoms with Crippen LogP contribution in [-0.4, -0.2) is 10.8 Å². The summed E-state index contributed by atoms with van der Waals surface area (Å²) in [5.74, 6) is -1.16. The van der Waals surface area contributed by atoms with Crippen molar-refractivity contribution in [1.29, 1.82) is 0 Å². The number of hydrogen-bond donors (Lipinski definition) is 1. The molecule has 2 aromatic rings. The third-order valence-electron chi connectivity index (χ3n) is 2.50. The molecule has 0 fully saturated rings. The summed E-state index contributed by atoms with van der Waals surface area (Å²) in [6.45, 7) is 0. The van der Waals surface area contributed by atoms with Gasteiger partial charge in [-0.25, -0.2) is 4.39 Å². The predicted octanol–water partition coefficient (Wildman–Crippen LogP) is 3.64. The zero-order chi connectivity index (χ0) is 14.7. The molecule has 2 aromatic carbocycles. The number of benzene rings is 2. The van der Waals surface area contributed by atoms with Crippen LogP contribution in [0, 0.1) is 15.9 Å². The molecule has 0 aliphatic rings. The molecule has 5 nitrogen and oxygen atoms in total. The van der Waals surface area contributed by atoms with E-state index < -0.39 is 16.6 Å². The van der Waals surface area contributed by atoms with Gasteiger partial charge in [0.2, 0.25) is 0 Å². The zero-order valence-electron chi connectivity index (χ0n) is 9.97. The molecule has 0 aliphatic heterocycles. The monoisotopic (exact) mass is 294 g/mol. The summed E-state index contributed by atoms with van der Waals surface area (Å²) in [4.78, 5) is 22.0. The maximum absolute atomic E-state index is 13.0. The average molecular weight is 295 g/mol. The van der Waals surface area contributed by atoms with E-state index in [0.29, 0.717) is 0 Å². The van der Waals surface area contributed by atoms with E-state index in [2.05, 4.69) is 5.32 Å². The first-order chi connectivity index (χ1) is 9.47. The SMILES string of the molecule is O=C(Nc1cc([N+](=O)[O-])ccc1Cl)c1cccc(F)c1. The molecule has 7 heteroatoms. The van der Waals surface area contributed by atoms with E-state index >= 15 is 0 Å². The number of rotatable bonds is 3. The first kappa shape index (κ1) is 14.0. The fourth-order valence-corrected chi connectivity index (χ4v) is 1.71. The summed E-state index contributed by atoms with van der Waals surface area (Å²) >= 11 is 5.85. The Kier molecular flexibility index (Phi) is 3.95. The van der Waals surface area contributed by atoms with Crippen molar-refractivity contribution >= 4 is 28.9 Å². The van der Waals surface area contributed by atoms with Crippen molar-refractivity contribution in [1.82, 2.24) is 0 Å². The number of non-ortho nitro benzene ring substituents is 1. The Morgan fingerprint density at radius 2 is 2.00 bits per heavy atom. The van der Waals surface area contributed by atoms with E-state index in [1.165, 1.54) is 30.3 Å². The summed E-state index contributed by atoms with van der Waals surface area (Å²) in [6, 6.07) is 8.74. The highest BCUT2D eigenvalue weighted by atomic mass is 35.5. The van der Waals surface area contributed by atoms with E-state index in [4.69, 9.17) is 11.6 Å². The second-order valence-electron chi connectivity index (χ2n) is 3.89. The molecule has 0 aliphatic carbocycles. The minimum Gasteiger partial charge on any atom is -0.320 e. The number of amides is 1. The molecule has 102 valence electrons. The number of nitro groups is 1. The number of halogens is 2. The van der Waals surface area contributed by atoms with Crippen LogP contribution in [0.5, 0.6) is 0 Å². The Labute approximate surface area is 118 Å². The van der Waals surface area contributed by atoms with E-state index in [1.54, 1.807) is 0 Å². The van der Waals surface area contributed by atoms with Crippen molar-refractivity contribution < 1.29 is 14.1 Å². The summed E-state index contributed by atoms with van der Waals surface area (Å²) in [7, 11) is 0. The Balaban J connectivity index is 2.27. The smallest absolute Gasteiger partial charge is 0.271 e. The number of hydrogen-bond acceptors (Lipinski definition) is 3. The maximum Gasteiger partial charge on any atom is 0.271 e. The average Bonchev–Trinajstić information content (AvgIpc) is 2.41. The van der Waals surface area contributed by atoms with Gasteiger partial charge in [-0.05, 0) is 24.3 Å². The van der Waals surface area contributed by atoms with E-state index in [9.17, 15) is 19.3 Å². The van der Waals surface area contributed by atoms with Crippen LogP contribution < -0.4 is 5.32 Å². The summed E-state index contributed by atoms with van der Waals surface area (Å²) < 4.78 is 13.0. The Morgan fingerprint density at radius 1 is 1.25 bits per heavy atom. The third kappa shape index (κ3) is 3.10. The molecule has 0 saturated heterocycles. The molecule has 0 atom stereocenters. The van der Waals surface area contributed by atoms with Crippen LogP contribution in [0.4, 0.5) is 15.8 Å². The summed E-state index contributed by atoms with van der Waals surface area (Å²) in [6.07, 6.45) is 0. The second kappa shape index (κ2) is 5.66. The molecule has 0 aromatic heterocycles. The predicted molar refractivity (Wildman–Crippen MR) is 72.5 cm³/mol. The molecule has 1 N–H and O–H groups in total. The van der Waals surface area contributed by atoms with Crippen LogP contribution in [0.15, 0.2) is 42.5 Å². The molecular weight excluding hydrogens is 287 g/mol. The first-order valence-corrected chi connectivity index (χ1v) is 5.86. The van der Waals surface area contributed by atoms with Crippen molar-refractivity contribution in [3.8, 4) is 0 Å². The highest BCUT2D eigenvalue weighted by molar-refractivity contribution is 6.34. The normalized spacial score (nSPS) is 10.1. The highest BCUT2D eigenvalue weighted by Crippen LogP contribution is 2.27. The van der Waals surface area contributed by atoms with Crippen LogP contribution in [0.25, 0.3) is 0 Å². The van der Waals surface area contributed by atoms with Gasteiger partial charge in [-0.2, -0.15) is 0 Å². The van der Waals surface area contributed by atoms with Gasteiger partial charge in [0.05, 0.1) is 15.6 Å². The summed E-state index contributed by atoms with van der Waals surface area (Å²) in [5, 5.41) is 13.2. The van der Waals surface area contributed by atoms with Gasteiger partial charge in [-0.1, -0.05) is 17.7 Å². The number of nitrogens with one attached hydrogen (secondary N) is 1. The first-order valence-electron chi connectivity index (χ1n) is 5.48. The molecule has 0 radical (unpaired) electrons. The van der Waals surface area contributed by atoms with E-state index in [-0.39, 0.29) is 22.0 Å². The number of carbonyl (C=O) groups excluding carboxylic acids is 1. The van der Waals surface area contributed by atoms with Gasteiger partial charge >= 0.3 is 0 Å². The van der Waals surface area contributed by atoms with E-state index in [0.717, 1.165) is 12.1 Å². The van der Waals surface area contributed by atoms with Gasteiger partial charge in [0.15, 0.2) is 0 Å². The lowest BCUT2D eigenvalue weighted by atomic mass is 10.2. The van der Waals surface area contributed by atoms with Gasteiger partial charge in [0.25, 0.3) is 11.6 Å². The molecule has 0 bridgehead atoms. The molecule has 0 saturated carbocycles. The molecule has 2 rings (SSSR count). The van der Waals surface area contributed by atoms with Crippen LogP contribution in [0.3, 0.4) is 0 Å². The highest BCUT2D eigenvalue weighted by Gasteiger charge is 2.13. The number of carbonyl (C=O) groups is 1. The lowest BCUT2D eigenvalue weighted by molar-refractivity contribution is -0.384. The van der Waals surface area contributed by atoms with Crippen LogP contribution >= 0.6 is 11.6 Å². The van der Waals surface area contributed by atoms with Crippen molar-refractivity contribution in [2.24, 2.45) is 0 Å². The quantitative estimate of drug-likeness (QED) is 0.694. The fraction of sp³-hybridized carbons (Fsp3) is 0. The van der Waals surface area contributed by atoms with Crippen molar-refractivity contribution in [3.05, 3.63) is 69.0 Å². The molecule has 20 heavy (non-hydrogen) atoms. The van der Waals surface area contributed by atoms with Crippen molar-refractivity contribution in [2.75, 3.05) is 5.32 Å². The Bertz CT molecular complexity index is 691. The molecular formula is C13H8ClFN2O3. The lowest BCUT2D eigenvalue weighted by Crippen LogP contribution is -2.12. The zero-order valence-corrected chi connectivity index (χ0v) is 10.7. The molecule has 0 heterocycles. The third-order valence-corrected chi connectivity index (χ3v) is 2.83. The maximum atomic E-state index is 13.0. The number of nitro benzene ring substituents is 1. The minimum atomic E-state index is -0.605. The fourth-order valence-electron chi connectivity index (χ4n) is 1.55. The van der Waals surface area contributed by atoms with Crippen molar-refractivity contribution in [2.45, 2.75) is 0 Å². The largest absolute Gasteiger partial charge is 0.320 e. The van der Waals surface area contributed by atoms with Gasteiger partial charge in [-0.3, -0.25) is 14.9 Å². The minimum absolute atomic E-state index is 0.0903. The van der Waals surface area contributed by atoms with Gasteiger partial charge < -0.3 is 5.32 Å². The molecule has 0 unspecified atom stereocenters. The topological polar surface area (TPSA) is 72.2 Å². The van der Waals surface area contributed by atoms with Gasteiger partial charge in [-0.15, -0.1) is 0 Å². The standard InChI is InChI=1S/C13H8ClFN2O3/c14-11-5-4-10(17(19)20)7-12(11)16-13(18)8-2-1-3-9(15)6-8/h1-7H,(H,16,18). The number of nitrogens with zero attached hydrogens (tertiary/aromatic N) is 1. The Morgan fingerprint density at radius 3 is 2.65 bits per heavy atom. The van der Waals surface area contributed by atoms with Gasteiger partial charge in [0, 0.05) is 17.7 Å². The van der Waals surface area contributed by atoms with Crippen LogP contribution in [-0.2, 0) is 0 Å². The van der Waals surface area contributed by atoms with Crippen molar-refractivity contribution in [3.63, 3.8) is 0 Å². The molecule has 0 spiro atoms. The lowest BCUT2D eigenvalue weighted by Gasteiger charge is -2.07. The second-order valence-corrected chi connectivity index (χ2v) is 4.29. The number of anilines is 1.